The molecule has 1 aromatic heterocycles. The molecule has 2 N–H and O–H groups in total. The highest BCUT2D eigenvalue weighted by atomic mass is 31.2. The van der Waals surface area contributed by atoms with Crippen molar-refractivity contribution in [3.05, 3.63) is 72.8 Å². The summed E-state index contributed by atoms with van der Waals surface area (Å²) in [5, 5.41) is 5.15. The average Bonchev–Trinajstić information content (AvgIpc) is 3.22. The minimum Gasteiger partial charge on any atom is -0.408 e. The van der Waals surface area contributed by atoms with E-state index in [4.69, 9.17) is 18.0 Å². The van der Waals surface area contributed by atoms with Crippen LogP contribution >= 0.6 is 7.82 Å². The molecule has 11 heteroatoms. The quantitative estimate of drug-likeness (QED) is 0.423. The number of aromatic nitrogens is 1. The van der Waals surface area contributed by atoms with Crippen LogP contribution in [0.3, 0.4) is 0 Å². The third kappa shape index (κ3) is 7.11. The minimum atomic E-state index is -4.23. The molecule has 0 unspecified atom stereocenters. The average molecular weight is 473 g/mol. The number of para-hydroxylation sites is 2. The van der Waals surface area contributed by atoms with Crippen LogP contribution < -0.4 is 24.2 Å². The molecule has 3 rings (SSSR count). The molecule has 0 aliphatic rings. The number of hydrogen-bond donors (Lipinski definition) is 2. The van der Waals surface area contributed by atoms with E-state index in [-0.39, 0.29) is 29.2 Å². The van der Waals surface area contributed by atoms with E-state index >= 15 is 0 Å². The number of rotatable bonds is 10. The first-order valence-electron chi connectivity index (χ1n) is 10.1. The van der Waals surface area contributed by atoms with Gasteiger partial charge in [-0.25, -0.2) is 4.98 Å². The van der Waals surface area contributed by atoms with Gasteiger partial charge < -0.3 is 28.6 Å². The van der Waals surface area contributed by atoms with Crippen molar-refractivity contribution >= 4 is 19.6 Å². The first-order valence-corrected chi connectivity index (χ1v) is 11.5. The molecule has 174 valence electrons. The molecule has 0 bridgehead atoms. The fraction of sp³-hybridized carbons (Fsp3) is 0.227. The van der Waals surface area contributed by atoms with Gasteiger partial charge >= 0.3 is 13.8 Å². The molecule has 0 fully saturated rings. The summed E-state index contributed by atoms with van der Waals surface area (Å²) in [6, 6.07) is 15.4. The predicted octanol–water partition coefficient (Wildman–Crippen LogP) is 4.02. The number of hydrogen-bond acceptors (Lipinski definition) is 8. The lowest BCUT2D eigenvalue weighted by Crippen LogP contribution is -2.44. The lowest BCUT2D eigenvalue weighted by atomic mass is 10.2. The van der Waals surface area contributed by atoms with E-state index in [1.54, 1.807) is 74.5 Å². The van der Waals surface area contributed by atoms with Crippen LogP contribution in [-0.2, 0) is 14.2 Å². The SMILES string of the molecule is CC(=O)N[C@@H](C)C(=O)N[C@@H](C)c1ncc(OP(=O)(Oc2ccccc2)Oc2ccccc2)o1. The summed E-state index contributed by atoms with van der Waals surface area (Å²) < 4.78 is 35.4. The van der Waals surface area contributed by atoms with Crippen LogP contribution in [0.2, 0.25) is 0 Å². The Balaban J connectivity index is 1.73. The second-order valence-electron chi connectivity index (χ2n) is 7.02. The fourth-order valence-corrected chi connectivity index (χ4v) is 3.85. The Morgan fingerprint density at radius 1 is 0.909 bits per heavy atom. The summed E-state index contributed by atoms with van der Waals surface area (Å²) in [6.07, 6.45) is 1.20. The van der Waals surface area contributed by atoms with Crippen molar-refractivity contribution < 1.29 is 32.1 Å². The standard InChI is InChI=1S/C22H24N3O7P/c1-15(24-17(3)26)21(27)25-16(2)22-23-14-20(29-22)32-33(28,30-18-10-6-4-7-11-18)31-19-12-8-5-9-13-19/h4-16H,1-3H3,(H,24,26)(H,25,27)/t15-,16-/m0/s1. The van der Waals surface area contributed by atoms with Gasteiger partial charge in [0.1, 0.15) is 29.8 Å². The molecule has 2 amide bonds. The first kappa shape index (κ1) is 23.9. The van der Waals surface area contributed by atoms with Gasteiger partial charge in [0.05, 0.1) is 0 Å². The summed E-state index contributed by atoms with van der Waals surface area (Å²) in [4.78, 5) is 27.4. The van der Waals surface area contributed by atoms with E-state index in [0.29, 0.717) is 0 Å². The second-order valence-corrected chi connectivity index (χ2v) is 8.46. The Hall–Kier alpha value is -3.78. The maximum Gasteiger partial charge on any atom is 0.649 e. The Morgan fingerprint density at radius 3 is 1.97 bits per heavy atom. The zero-order chi connectivity index (χ0) is 23.8. The molecule has 33 heavy (non-hydrogen) atoms. The van der Waals surface area contributed by atoms with E-state index in [2.05, 4.69) is 15.6 Å². The van der Waals surface area contributed by atoms with Crippen molar-refractivity contribution in [2.45, 2.75) is 32.9 Å². The van der Waals surface area contributed by atoms with Gasteiger partial charge in [-0.3, -0.25) is 9.59 Å². The molecule has 0 saturated carbocycles. The smallest absolute Gasteiger partial charge is 0.408 e. The van der Waals surface area contributed by atoms with Crippen LogP contribution in [0.25, 0.3) is 0 Å². The number of carbonyl (C=O) groups excluding carboxylic acids is 2. The summed E-state index contributed by atoms with van der Waals surface area (Å²) in [5.74, 6) is -0.350. The van der Waals surface area contributed by atoms with Gasteiger partial charge in [0.15, 0.2) is 0 Å². The van der Waals surface area contributed by atoms with Crippen LogP contribution in [0.4, 0.5) is 0 Å². The van der Waals surface area contributed by atoms with Crippen LogP contribution in [0, 0.1) is 0 Å². The molecule has 0 saturated heterocycles. The molecule has 0 radical (unpaired) electrons. The van der Waals surface area contributed by atoms with E-state index in [9.17, 15) is 14.2 Å². The van der Waals surface area contributed by atoms with Crippen LogP contribution in [0.1, 0.15) is 32.7 Å². The number of benzene rings is 2. The Kier molecular flexibility index (Phi) is 7.74. The second kappa shape index (κ2) is 10.7. The summed E-state index contributed by atoms with van der Waals surface area (Å²) >= 11 is 0. The molecule has 0 aliphatic carbocycles. The number of nitrogens with zero attached hydrogens (tertiary/aromatic N) is 1. The molecule has 1 heterocycles. The van der Waals surface area contributed by atoms with E-state index in [1.807, 2.05) is 0 Å². The predicted molar refractivity (Wildman–Crippen MR) is 119 cm³/mol. The lowest BCUT2D eigenvalue weighted by Gasteiger charge is -2.18. The number of nitrogens with one attached hydrogen (secondary N) is 2. The number of amides is 2. The highest BCUT2D eigenvalue weighted by Gasteiger charge is 2.35. The zero-order valence-corrected chi connectivity index (χ0v) is 19.2. The molecule has 2 aromatic carbocycles. The van der Waals surface area contributed by atoms with Gasteiger partial charge in [-0.15, -0.1) is 0 Å². The summed E-state index contributed by atoms with van der Waals surface area (Å²) in [6.45, 7) is 4.50. The first-order chi connectivity index (χ1) is 15.7. The van der Waals surface area contributed by atoms with Gasteiger partial charge in [0.2, 0.25) is 17.7 Å². The van der Waals surface area contributed by atoms with Crippen molar-refractivity contribution in [3.8, 4) is 17.4 Å². The lowest BCUT2D eigenvalue weighted by molar-refractivity contribution is -0.128. The van der Waals surface area contributed by atoms with Gasteiger partial charge in [-0.05, 0) is 38.1 Å². The number of phosphoric ester groups is 1. The van der Waals surface area contributed by atoms with E-state index < -0.39 is 25.8 Å². The maximum atomic E-state index is 13.4. The molecule has 0 aliphatic heterocycles. The zero-order valence-electron chi connectivity index (χ0n) is 18.3. The highest BCUT2D eigenvalue weighted by molar-refractivity contribution is 7.49. The maximum absolute atomic E-state index is 13.4. The minimum absolute atomic E-state index is 0.0966. The van der Waals surface area contributed by atoms with Crippen molar-refractivity contribution in [2.75, 3.05) is 0 Å². The van der Waals surface area contributed by atoms with Gasteiger partial charge in [-0.1, -0.05) is 36.4 Å². The number of carbonyl (C=O) groups is 2. The van der Waals surface area contributed by atoms with Crippen molar-refractivity contribution in [1.82, 2.24) is 15.6 Å². The van der Waals surface area contributed by atoms with Crippen molar-refractivity contribution in [2.24, 2.45) is 0 Å². The van der Waals surface area contributed by atoms with Gasteiger partial charge in [0.25, 0.3) is 0 Å². The number of phosphoric acid groups is 1. The monoisotopic (exact) mass is 473 g/mol. The third-order valence-electron chi connectivity index (χ3n) is 4.17. The topological polar surface area (TPSA) is 129 Å². The Bertz CT molecular complexity index is 1080. The van der Waals surface area contributed by atoms with Crippen molar-refractivity contribution in [1.29, 1.82) is 0 Å². The van der Waals surface area contributed by atoms with Crippen LogP contribution in [-0.4, -0.2) is 22.8 Å². The Labute approximate surface area is 190 Å². The molecule has 3 aromatic rings. The van der Waals surface area contributed by atoms with Crippen molar-refractivity contribution in [3.63, 3.8) is 0 Å². The third-order valence-corrected chi connectivity index (χ3v) is 5.44. The molecule has 0 spiro atoms. The number of oxazole rings is 1. The molecular weight excluding hydrogens is 449 g/mol. The van der Waals surface area contributed by atoms with E-state index in [1.165, 1.54) is 13.1 Å². The fourth-order valence-electron chi connectivity index (χ4n) is 2.67. The van der Waals surface area contributed by atoms with Gasteiger partial charge in [0, 0.05) is 6.92 Å². The largest absolute Gasteiger partial charge is 0.649 e. The van der Waals surface area contributed by atoms with Gasteiger partial charge in [-0.2, -0.15) is 4.57 Å². The van der Waals surface area contributed by atoms with Crippen LogP contribution in [0.5, 0.6) is 17.4 Å². The normalized spacial score (nSPS) is 12.8. The molecule has 2 atom stereocenters. The molecule has 10 nitrogen and oxygen atoms in total. The van der Waals surface area contributed by atoms with Crippen LogP contribution in [0.15, 0.2) is 71.3 Å². The molecular formula is C22H24N3O7P. The summed E-state index contributed by atoms with van der Waals surface area (Å²) in [5.41, 5.74) is 0. The highest BCUT2D eigenvalue weighted by Crippen LogP contribution is 2.49. The Morgan fingerprint density at radius 2 is 1.45 bits per heavy atom. The summed E-state index contributed by atoms with van der Waals surface area (Å²) in [7, 11) is -4.23. The van der Waals surface area contributed by atoms with E-state index in [0.717, 1.165) is 0 Å².